The van der Waals surface area contributed by atoms with Crippen LogP contribution in [0.5, 0.6) is 5.75 Å². The van der Waals surface area contributed by atoms with Crippen LogP contribution in [0.15, 0.2) is 18.2 Å². The van der Waals surface area contributed by atoms with Crippen molar-refractivity contribution >= 4 is 0 Å². The van der Waals surface area contributed by atoms with Crippen molar-refractivity contribution in [2.75, 3.05) is 13.7 Å². The molecule has 0 fully saturated rings. The largest absolute Gasteiger partial charge is 0.496 e. The number of hydrogen-bond donors (Lipinski definition) is 1. The molecule has 0 unspecified atom stereocenters. The van der Waals surface area contributed by atoms with Crippen LogP contribution in [0.25, 0.3) is 0 Å². The van der Waals surface area contributed by atoms with E-state index in [0.29, 0.717) is 0 Å². The predicted molar refractivity (Wildman–Crippen MR) is 48.5 cm³/mol. The van der Waals surface area contributed by atoms with Gasteiger partial charge in [0.05, 0.1) is 12.7 Å². The minimum absolute atomic E-state index is 0.214. The van der Waals surface area contributed by atoms with E-state index in [2.05, 4.69) is 4.74 Å². The van der Waals surface area contributed by atoms with E-state index in [0.717, 1.165) is 6.07 Å². The third kappa shape index (κ3) is 2.41. The minimum atomic E-state index is -3.43. The molecule has 1 rings (SSSR count). The number of methoxy groups -OCH3 is 1. The molecule has 5 heteroatoms. The smallest absolute Gasteiger partial charge is 0.281 e. The second kappa shape index (κ2) is 4.53. The van der Waals surface area contributed by atoms with Gasteiger partial charge in [-0.3, -0.25) is 0 Å². The minimum Gasteiger partial charge on any atom is -0.496 e. The summed E-state index contributed by atoms with van der Waals surface area (Å²) in [6, 6.07) is 3.47. The van der Waals surface area contributed by atoms with Crippen LogP contribution in [-0.4, -0.2) is 18.8 Å². The predicted octanol–water partition coefficient (Wildman–Crippen LogP) is 2.31. The van der Waals surface area contributed by atoms with Gasteiger partial charge in [0.15, 0.2) is 0 Å². The Labute approximate surface area is 85.3 Å². The van der Waals surface area contributed by atoms with Gasteiger partial charge in [-0.1, -0.05) is 6.07 Å². The fourth-order valence-corrected chi connectivity index (χ4v) is 1.29. The lowest BCUT2D eigenvalue weighted by molar-refractivity contribution is -0.0318. The molecule has 0 aliphatic rings. The molecule has 15 heavy (non-hydrogen) atoms. The SMILES string of the molecule is COc1cccc(F)c1C(F)(F)CCO. The summed E-state index contributed by atoms with van der Waals surface area (Å²) in [6.07, 6.45) is -0.829. The first-order chi connectivity index (χ1) is 7.03. The molecule has 1 aromatic carbocycles. The number of benzene rings is 1. The summed E-state index contributed by atoms with van der Waals surface area (Å²) in [5.41, 5.74) is -0.804. The Kier molecular flexibility index (Phi) is 3.57. The van der Waals surface area contributed by atoms with Crippen molar-refractivity contribution in [2.45, 2.75) is 12.3 Å². The number of ether oxygens (including phenoxy) is 1. The zero-order valence-electron chi connectivity index (χ0n) is 8.14. The zero-order valence-corrected chi connectivity index (χ0v) is 8.14. The standard InChI is InChI=1S/C10H11F3O2/c1-15-8-4-2-3-7(11)9(8)10(12,13)5-6-14/h2-4,14H,5-6H2,1H3. The zero-order chi connectivity index (χ0) is 11.5. The number of rotatable bonds is 4. The Hall–Kier alpha value is -1.23. The van der Waals surface area contributed by atoms with E-state index in [-0.39, 0.29) is 5.75 Å². The maximum Gasteiger partial charge on any atom is 0.281 e. The average molecular weight is 220 g/mol. The van der Waals surface area contributed by atoms with Gasteiger partial charge in [0.1, 0.15) is 11.6 Å². The monoisotopic (exact) mass is 220 g/mol. The molecule has 0 atom stereocenters. The Balaban J connectivity index is 3.21. The summed E-state index contributed by atoms with van der Waals surface area (Å²) in [6.45, 7) is -0.718. The van der Waals surface area contributed by atoms with Crippen molar-refractivity contribution in [1.82, 2.24) is 0 Å². The lowest BCUT2D eigenvalue weighted by atomic mass is 10.0. The first-order valence-electron chi connectivity index (χ1n) is 4.34. The Bertz CT molecular complexity index is 339. The fourth-order valence-electron chi connectivity index (χ4n) is 1.29. The van der Waals surface area contributed by atoms with Gasteiger partial charge in [0, 0.05) is 13.0 Å². The molecule has 0 aromatic heterocycles. The van der Waals surface area contributed by atoms with Crippen LogP contribution >= 0.6 is 0 Å². The van der Waals surface area contributed by atoms with Crippen molar-refractivity contribution in [1.29, 1.82) is 0 Å². The molecule has 0 aliphatic carbocycles. The quantitative estimate of drug-likeness (QED) is 0.843. The van der Waals surface area contributed by atoms with E-state index >= 15 is 0 Å². The van der Waals surface area contributed by atoms with E-state index in [4.69, 9.17) is 5.11 Å². The molecule has 0 amide bonds. The molecule has 84 valence electrons. The highest BCUT2D eigenvalue weighted by molar-refractivity contribution is 5.38. The normalized spacial score (nSPS) is 11.5. The molecule has 0 spiro atoms. The maximum atomic E-state index is 13.4. The number of hydrogen-bond acceptors (Lipinski definition) is 2. The lowest BCUT2D eigenvalue weighted by Gasteiger charge is -2.18. The van der Waals surface area contributed by atoms with Gasteiger partial charge in [-0.25, -0.2) is 13.2 Å². The fraction of sp³-hybridized carbons (Fsp3) is 0.400. The molecule has 0 saturated carbocycles. The first kappa shape index (κ1) is 11.8. The van der Waals surface area contributed by atoms with Gasteiger partial charge in [0.25, 0.3) is 5.92 Å². The highest BCUT2D eigenvalue weighted by Crippen LogP contribution is 2.38. The van der Waals surface area contributed by atoms with Crippen LogP contribution < -0.4 is 4.74 Å². The summed E-state index contributed by atoms with van der Waals surface area (Å²) in [4.78, 5) is 0. The lowest BCUT2D eigenvalue weighted by Crippen LogP contribution is -2.18. The molecule has 1 N–H and O–H groups in total. The molecule has 0 bridgehead atoms. The van der Waals surface area contributed by atoms with Crippen molar-refractivity contribution < 1.29 is 23.0 Å². The van der Waals surface area contributed by atoms with E-state index in [1.165, 1.54) is 19.2 Å². The van der Waals surface area contributed by atoms with Crippen molar-refractivity contribution in [3.8, 4) is 5.75 Å². The van der Waals surface area contributed by atoms with Crippen LogP contribution in [-0.2, 0) is 5.92 Å². The average Bonchev–Trinajstić information content (AvgIpc) is 2.16. The third-order valence-electron chi connectivity index (χ3n) is 1.99. The second-order valence-electron chi connectivity index (χ2n) is 3.00. The Morgan fingerprint density at radius 2 is 2.07 bits per heavy atom. The van der Waals surface area contributed by atoms with Crippen molar-refractivity contribution in [3.63, 3.8) is 0 Å². The number of alkyl halides is 2. The summed E-state index contributed by atoms with van der Waals surface area (Å²) in [7, 11) is 1.19. The van der Waals surface area contributed by atoms with Crippen LogP contribution in [0.2, 0.25) is 0 Å². The van der Waals surface area contributed by atoms with Gasteiger partial charge in [-0.2, -0.15) is 0 Å². The van der Waals surface area contributed by atoms with Gasteiger partial charge >= 0.3 is 0 Å². The molecule has 0 heterocycles. The van der Waals surface area contributed by atoms with Crippen LogP contribution in [0.3, 0.4) is 0 Å². The van der Waals surface area contributed by atoms with Gasteiger partial charge in [-0.05, 0) is 12.1 Å². The second-order valence-corrected chi connectivity index (χ2v) is 3.00. The summed E-state index contributed by atoms with van der Waals surface area (Å²) in [5.74, 6) is -4.67. The highest BCUT2D eigenvalue weighted by Gasteiger charge is 2.37. The van der Waals surface area contributed by atoms with E-state index in [1.807, 2.05) is 0 Å². The molecule has 1 aromatic rings. The molecular weight excluding hydrogens is 209 g/mol. The highest BCUT2D eigenvalue weighted by atomic mass is 19.3. The summed E-state index contributed by atoms with van der Waals surface area (Å²) < 4.78 is 44.6. The molecule has 0 aliphatic heterocycles. The van der Waals surface area contributed by atoms with Crippen LogP contribution in [0, 0.1) is 5.82 Å². The third-order valence-corrected chi connectivity index (χ3v) is 1.99. The van der Waals surface area contributed by atoms with E-state index in [9.17, 15) is 13.2 Å². The molecule has 2 nitrogen and oxygen atoms in total. The topological polar surface area (TPSA) is 29.5 Å². The van der Waals surface area contributed by atoms with Crippen LogP contribution in [0.4, 0.5) is 13.2 Å². The van der Waals surface area contributed by atoms with Gasteiger partial charge in [0.2, 0.25) is 0 Å². The number of aliphatic hydroxyl groups excluding tert-OH is 1. The van der Waals surface area contributed by atoms with Gasteiger partial charge in [-0.15, -0.1) is 0 Å². The van der Waals surface area contributed by atoms with Crippen LogP contribution in [0.1, 0.15) is 12.0 Å². The molecular formula is C10H11F3O2. The molecule has 0 saturated heterocycles. The van der Waals surface area contributed by atoms with Gasteiger partial charge < -0.3 is 9.84 Å². The maximum absolute atomic E-state index is 13.4. The molecule has 0 radical (unpaired) electrons. The van der Waals surface area contributed by atoms with E-state index in [1.54, 1.807) is 0 Å². The summed E-state index contributed by atoms with van der Waals surface area (Å²) in [5, 5.41) is 8.47. The van der Waals surface area contributed by atoms with Crippen molar-refractivity contribution in [3.05, 3.63) is 29.6 Å². The Morgan fingerprint density at radius 1 is 1.40 bits per heavy atom. The van der Waals surface area contributed by atoms with E-state index < -0.39 is 30.3 Å². The number of aliphatic hydroxyl groups is 1. The number of halogens is 3. The first-order valence-corrected chi connectivity index (χ1v) is 4.34. The summed E-state index contributed by atoms with van der Waals surface area (Å²) >= 11 is 0. The van der Waals surface area contributed by atoms with Crippen molar-refractivity contribution in [2.24, 2.45) is 0 Å². The Morgan fingerprint density at radius 3 is 2.60 bits per heavy atom.